The van der Waals surface area contributed by atoms with Gasteiger partial charge in [-0.1, -0.05) is 37.6 Å². The SMILES string of the molecule is CCCCOC(=O)c1cccc(NC(=O)Cc2cn(C)c3ccccc23)c1. The van der Waals surface area contributed by atoms with Crippen molar-refractivity contribution in [2.24, 2.45) is 7.05 Å². The summed E-state index contributed by atoms with van der Waals surface area (Å²) in [5.74, 6) is -0.489. The summed E-state index contributed by atoms with van der Waals surface area (Å²) in [5, 5.41) is 3.94. The van der Waals surface area contributed by atoms with Crippen LogP contribution in [-0.2, 0) is 23.0 Å². The van der Waals surface area contributed by atoms with Crippen LogP contribution in [0.3, 0.4) is 0 Å². The second-order valence-electron chi connectivity index (χ2n) is 6.58. The molecule has 0 aliphatic carbocycles. The fraction of sp³-hybridized carbons (Fsp3) is 0.273. The number of aromatic nitrogens is 1. The average Bonchev–Trinajstić information content (AvgIpc) is 2.98. The second-order valence-corrected chi connectivity index (χ2v) is 6.58. The van der Waals surface area contributed by atoms with Crippen LogP contribution in [0, 0.1) is 0 Å². The van der Waals surface area contributed by atoms with E-state index in [1.807, 2.05) is 49.0 Å². The smallest absolute Gasteiger partial charge is 0.338 e. The van der Waals surface area contributed by atoms with Gasteiger partial charge >= 0.3 is 5.97 Å². The van der Waals surface area contributed by atoms with Crippen molar-refractivity contribution in [2.75, 3.05) is 11.9 Å². The number of carbonyl (C=O) groups is 2. The van der Waals surface area contributed by atoms with Gasteiger partial charge in [-0.15, -0.1) is 0 Å². The van der Waals surface area contributed by atoms with Crippen molar-refractivity contribution in [2.45, 2.75) is 26.2 Å². The Balaban J connectivity index is 1.67. The first-order valence-electron chi connectivity index (χ1n) is 9.18. The van der Waals surface area contributed by atoms with Crippen LogP contribution in [0.4, 0.5) is 5.69 Å². The van der Waals surface area contributed by atoms with Crippen molar-refractivity contribution in [3.63, 3.8) is 0 Å². The molecule has 1 heterocycles. The zero-order valence-electron chi connectivity index (χ0n) is 15.7. The summed E-state index contributed by atoms with van der Waals surface area (Å²) < 4.78 is 7.24. The van der Waals surface area contributed by atoms with Crippen molar-refractivity contribution in [1.29, 1.82) is 0 Å². The first-order valence-corrected chi connectivity index (χ1v) is 9.18. The molecule has 0 radical (unpaired) electrons. The molecule has 3 aromatic rings. The van der Waals surface area contributed by atoms with Crippen molar-refractivity contribution in [3.05, 3.63) is 65.9 Å². The molecule has 0 atom stereocenters. The van der Waals surface area contributed by atoms with Crippen LogP contribution in [0.2, 0.25) is 0 Å². The molecule has 5 nitrogen and oxygen atoms in total. The number of carbonyl (C=O) groups excluding carboxylic acids is 2. The van der Waals surface area contributed by atoms with E-state index in [4.69, 9.17) is 4.74 Å². The molecule has 0 aliphatic rings. The van der Waals surface area contributed by atoms with Crippen molar-refractivity contribution < 1.29 is 14.3 Å². The maximum absolute atomic E-state index is 12.5. The van der Waals surface area contributed by atoms with Crippen LogP contribution in [0.25, 0.3) is 10.9 Å². The normalized spacial score (nSPS) is 10.7. The van der Waals surface area contributed by atoms with Crippen molar-refractivity contribution in [1.82, 2.24) is 4.57 Å². The number of nitrogens with zero attached hydrogens (tertiary/aromatic N) is 1. The van der Waals surface area contributed by atoms with E-state index in [0.717, 1.165) is 29.3 Å². The summed E-state index contributed by atoms with van der Waals surface area (Å²) in [7, 11) is 1.97. The third kappa shape index (κ3) is 4.56. The number of fused-ring (bicyclic) bond motifs is 1. The Morgan fingerprint density at radius 3 is 2.74 bits per heavy atom. The molecule has 3 rings (SSSR count). The maximum atomic E-state index is 12.5. The summed E-state index contributed by atoms with van der Waals surface area (Å²) in [4.78, 5) is 24.6. The number of ether oxygens (including phenoxy) is 1. The van der Waals surface area contributed by atoms with E-state index in [1.54, 1.807) is 24.3 Å². The lowest BCUT2D eigenvalue weighted by atomic mass is 10.1. The van der Waals surface area contributed by atoms with Gasteiger partial charge in [0.05, 0.1) is 18.6 Å². The molecule has 27 heavy (non-hydrogen) atoms. The summed E-state index contributed by atoms with van der Waals surface area (Å²) in [6, 6.07) is 14.8. The zero-order chi connectivity index (χ0) is 19.2. The third-order valence-electron chi connectivity index (χ3n) is 4.44. The summed E-state index contributed by atoms with van der Waals surface area (Å²) in [6.07, 6.45) is 4.06. The van der Waals surface area contributed by atoms with Crippen LogP contribution in [0.1, 0.15) is 35.7 Å². The van der Waals surface area contributed by atoms with Crippen LogP contribution in [-0.4, -0.2) is 23.1 Å². The highest BCUT2D eigenvalue weighted by atomic mass is 16.5. The molecular formula is C22H24N2O3. The second kappa shape index (κ2) is 8.54. The number of benzene rings is 2. The maximum Gasteiger partial charge on any atom is 0.338 e. The van der Waals surface area contributed by atoms with Gasteiger partial charge in [-0.05, 0) is 36.2 Å². The van der Waals surface area contributed by atoms with Crippen molar-refractivity contribution >= 4 is 28.5 Å². The number of unbranched alkanes of at least 4 members (excludes halogenated alkanes) is 1. The summed E-state index contributed by atoms with van der Waals surface area (Å²) in [6.45, 7) is 2.45. The minimum atomic E-state index is -0.367. The van der Waals surface area contributed by atoms with E-state index in [9.17, 15) is 9.59 Å². The van der Waals surface area contributed by atoms with Crippen LogP contribution < -0.4 is 5.32 Å². The van der Waals surface area contributed by atoms with E-state index >= 15 is 0 Å². The molecule has 1 amide bonds. The molecule has 0 fully saturated rings. The highest BCUT2D eigenvalue weighted by molar-refractivity contribution is 5.97. The first kappa shape index (κ1) is 18.7. The number of amides is 1. The van der Waals surface area contributed by atoms with E-state index in [0.29, 0.717) is 17.9 Å². The molecule has 0 spiro atoms. The predicted octanol–water partition coefficient (Wildman–Crippen LogP) is 4.32. The average molecular weight is 364 g/mol. The minimum Gasteiger partial charge on any atom is -0.462 e. The number of hydrogen-bond acceptors (Lipinski definition) is 3. The van der Waals surface area contributed by atoms with Crippen LogP contribution >= 0.6 is 0 Å². The Morgan fingerprint density at radius 2 is 1.93 bits per heavy atom. The Bertz CT molecular complexity index is 959. The Hall–Kier alpha value is -3.08. The quantitative estimate of drug-likeness (QED) is 0.502. The third-order valence-corrected chi connectivity index (χ3v) is 4.44. The lowest BCUT2D eigenvalue weighted by molar-refractivity contribution is -0.115. The molecule has 0 bridgehead atoms. The minimum absolute atomic E-state index is 0.122. The molecule has 1 aromatic heterocycles. The monoisotopic (exact) mass is 364 g/mol. The molecule has 0 aliphatic heterocycles. The largest absolute Gasteiger partial charge is 0.462 e. The number of aryl methyl sites for hydroxylation is 1. The van der Waals surface area contributed by atoms with Crippen LogP contribution in [0.15, 0.2) is 54.7 Å². The van der Waals surface area contributed by atoms with Gasteiger partial charge in [-0.2, -0.15) is 0 Å². The molecule has 0 saturated carbocycles. The van der Waals surface area contributed by atoms with Gasteiger partial charge in [0.15, 0.2) is 0 Å². The molecule has 0 saturated heterocycles. The van der Waals surface area contributed by atoms with E-state index in [1.165, 1.54) is 0 Å². The molecule has 1 N–H and O–H groups in total. The topological polar surface area (TPSA) is 60.3 Å². The van der Waals surface area contributed by atoms with Crippen molar-refractivity contribution in [3.8, 4) is 0 Å². The molecular weight excluding hydrogens is 340 g/mol. The number of rotatable bonds is 7. The lowest BCUT2D eigenvalue weighted by Crippen LogP contribution is -2.15. The highest BCUT2D eigenvalue weighted by Crippen LogP contribution is 2.21. The fourth-order valence-corrected chi connectivity index (χ4v) is 3.06. The number of anilines is 1. The Labute approximate surface area is 158 Å². The van der Waals surface area contributed by atoms with Gasteiger partial charge in [0.2, 0.25) is 5.91 Å². The molecule has 0 unspecified atom stereocenters. The molecule has 140 valence electrons. The van der Waals surface area contributed by atoms with Gasteiger partial charge in [0.1, 0.15) is 0 Å². The summed E-state index contributed by atoms with van der Waals surface area (Å²) in [5.41, 5.74) is 3.09. The summed E-state index contributed by atoms with van der Waals surface area (Å²) >= 11 is 0. The number of para-hydroxylation sites is 1. The van der Waals surface area contributed by atoms with Gasteiger partial charge in [0, 0.05) is 29.8 Å². The van der Waals surface area contributed by atoms with Crippen LogP contribution in [0.5, 0.6) is 0 Å². The standard InChI is InChI=1S/C22H24N2O3/c1-3-4-12-27-22(26)16-8-7-9-18(13-16)23-21(25)14-17-15-24(2)20-11-6-5-10-19(17)20/h5-11,13,15H,3-4,12,14H2,1-2H3,(H,23,25). The highest BCUT2D eigenvalue weighted by Gasteiger charge is 2.12. The number of nitrogens with one attached hydrogen (secondary N) is 1. The Kier molecular flexibility index (Phi) is 5.91. The zero-order valence-corrected chi connectivity index (χ0v) is 15.7. The van der Waals surface area contributed by atoms with Gasteiger partial charge in [-0.3, -0.25) is 4.79 Å². The van der Waals surface area contributed by atoms with Gasteiger partial charge in [0.25, 0.3) is 0 Å². The van der Waals surface area contributed by atoms with E-state index < -0.39 is 0 Å². The first-order chi connectivity index (χ1) is 13.1. The predicted molar refractivity (Wildman–Crippen MR) is 107 cm³/mol. The van der Waals surface area contributed by atoms with E-state index in [2.05, 4.69) is 5.32 Å². The van der Waals surface area contributed by atoms with E-state index in [-0.39, 0.29) is 18.3 Å². The lowest BCUT2D eigenvalue weighted by Gasteiger charge is -2.08. The number of esters is 1. The number of hydrogen-bond donors (Lipinski definition) is 1. The van der Waals surface area contributed by atoms with Gasteiger partial charge < -0.3 is 14.6 Å². The van der Waals surface area contributed by atoms with Gasteiger partial charge in [-0.25, -0.2) is 4.79 Å². The molecule has 2 aromatic carbocycles. The Morgan fingerprint density at radius 1 is 1.11 bits per heavy atom. The molecule has 5 heteroatoms. The fourth-order valence-electron chi connectivity index (χ4n) is 3.06.